The van der Waals surface area contributed by atoms with Crippen LogP contribution in [-0.4, -0.2) is 57.6 Å². The van der Waals surface area contributed by atoms with Gasteiger partial charge in [-0.1, -0.05) is 54.9 Å². The number of halogens is 1. The van der Waals surface area contributed by atoms with Gasteiger partial charge in [0.25, 0.3) is 0 Å². The summed E-state index contributed by atoms with van der Waals surface area (Å²) in [4.78, 5) is 28.2. The molecule has 0 bridgehead atoms. The van der Waals surface area contributed by atoms with Crippen molar-refractivity contribution in [1.29, 1.82) is 0 Å². The van der Waals surface area contributed by atoms with Crippen LogP contribution >= 0.6 is 15.9 Å². The Labute approximate surface area is 216 Å². The number of methoxy groups -OCH3 is 1. The Bertz CT molecular complexity index is 1120. The highest BCUT2D eigenvalue weighted by Gasteiger charge is 2.31. The van der Waals surface area contributed by atoms with E-state index in [0.717, 1.165) is 16.1 Å². The number of carbonyl (C=O) groups excluding carboxylic acids is 2. The van der Waals surface area contributed by atoms with Crippen molar-refractivity contribution in [1.82, 2.24) is 10.2 Å². The number of benzene rings is 2. The van der Waals surface area contributed by atoms with Crippen LogP contribution < -0.4 is 14.4 Å². The third-order valence-corrected chi connectivity index (χ3v) is 6.97. The molecule has 0 heterocycles. The van der Waals surface area contributed by atoms with E-state index in [0.29, 0.717) is 28.9 Å². The van der Waals surface area contributed by atoms with Gasteiger partial charge in [-0.05, 0) is 48.2 Å². The summed E-state index contributed by atoms with van der Waals surface area (Å²) in [7, 11) is -2.22. The second-order valence-corrected chi connectivity index (χ2v) is 11.5. The average Bonchev–Trinajstić information content (AvgIpc) is 2.80. The van der Waals surface area contributed by atoms with Gasteiger partial charge in [0.1, 0.15) is 18.3 Å². The smallest absolute Gasteiger partial charge is 0.244 e. The van der Waals surface area contributed by atoms with Gasteiger partial charge in [-0.15, -0.1) is 0 Å². The number of carbonyl (C=O) groups is 2. The maximum absolute atomic E-state index is 13.7. The molecule has 0 aliphatic rings. The van der Waals surface area contributed by atoms with Crippen LogP contribution in [-0.2, 0) is 26.2 Å². The minimum Gasteiger partial charge on any atom is -0.497 e. The molecule has 0 unspecified atom stereocenters. The lowest BCUT2D eigenvalue weighted by atomic mass is 10.1. The van der Waals surface area contributed by atoms with Gasteiger partial charge < -0.3 is 15.0 Å². The second-order valence-electron chi connectivity index (χ2n) is 8.69. The lowest BCUT2D eigenvalue weighted by Gasteiger charge is -2.33. The number of rotatable bonds is 12. The molecule has 0 aromatic heterocycles. The predicted molar refractivity (Wildman–Crippen MR) is 142 cm³/mol. The number of sulfonamides is 1. The first-order valence-corrected chi connectivity index (χ1v) is 14.0. The van der Waals surface area contributed by atoms with Gasteiger partial charge >= 0.3 is 0 Å². The first-order valence-electron chi connectivity index (χ1n) is 11.4. The Morgan fingerprint density at radius 3 is 2.37 bits per heavy atom. The largest absolute Gasteiger partial charge is 0.497 e. The Morgan fingerprint density at radius 2 is 1.80 bits per heavy atom. The van der Waals surface area contributed by atoms with E-state index < -0.39 is 28.5 Å². The molecule has 0 radical (unpaired) electrons. The van der Waals surface area contributed by atoms with E-state index in [9.17, 15) is 18.0 Å². The lowest BCUT2D eigenvalue weighted by Crippen LogP contribution is -2.52. The molecule has 35 heavy (non-hydrogen) atoms. The number of anilines is 1. The monoisotopic (exact) mass is 567 g/mol. The fourth-order valence-corrected chi connectivity index (χ4v) is 4.78. The topological polar surface area (TPSA) is 96.0 Å². The van der Waals surface area contributed by atoms with Gasteiger partial charge in [0.05, 0.1) is 19.1 Å². The van der Waals surface area contributed by atoms with Crippen molar-refractivity contribution in [2.45, 2.75) is 39.8 Å². The summed E-state index contributed by atoms with van der Waals surface area (Å²) >= 11 is 3.35. The van der Waals surface area contributed by atoms with Gasteiger partial charge in [0.15, 0.2) is 0 Å². The van der Waals surface area contributed by atoms with Gasteiger partial charge in [0, 0.05) is 17.6 Å². The molecule has 1 N–H and O–H groups in total. The van der Waals surface area contributed by atoms with E-state index in [4.69, 9.17) is 4.74 Å². The molecule has 2 aromatic carbocycles. The van der Waals surface area contributed by atoms with Crippen molar-refractivity contribution < 1.29 is 22.7 Å². The molecule has 10 heteroatoms. The molecule has 0 fully saturated rings. The standard InChI is InChI=1S/C25H34BrN3O5S/c1-6-23(25(31)27-15-18(2)3)28(16-19-9-7-12-22(13-19)34-4)24(30)17-29(35(5,32)33)21-11-8-10-20(26)14-21/h7-14,18,23H,6,15-17H2,1-5H3,(H,27,31)/t23-/m0/s1. The third kappa shape index (κ3) is 8.54. The summed E-state index contributed by atoms with van der Waals surface area (Å²) in [5, 5.41) is 2.90. The van der Waals surface area contributed by atoms with Crippen LogP contribution in [0.4, 0.5) is 5.69 Å². The molecule has 2 aromatic rings. The first kappa shape index (κ1) is 28.6. The normalized spacial score (nSPS) is 12.2. The number of amides is 2. The fraction of sp³-hybridized carbons (Fsp3) is 0.440. The number of hydrogen-bond acceptors (Lipinski definition) is 5. The zero-order chi connectivity index (χ0) is 26.2. The van der Waals surface area contributed by atoms with Crippen LogP contribution in [0.15, 0.2) is 53.0 Å². The summed E-state index contributed by atoms with van der Waals surface area (Å²) in [6.07, 6.45) is 1.43. The first-order chi connectivity index (χ1) is 16.5. The third-order valence-electron chi connectivity index (χ3n) is 5.33. The fourth-order valence-electron chi connectivity index (χ4n) is 3.55. The van der Waals surface area contributed by atoms with Gasteiger partial charge in [0.2, 0.25) is 21.8 Å². The van der Waals surface area contributed by atoms with Crippen molar-refractivity contribution in [3.8, 4) is 5.75 Å². The summed E-state index contributed by atoms with van der Waals surface area (Å²) in [5.41, 5.74) is 1.12. The van der Waals surface area contributed by atoms with E-state index in [2.05, 4.69) is 21.2 Å². The zero-order valence-electron chi connectivity index (χ0n) is 20.8. The number of hydrogen-bond donors (Lipinski definition) is 1. The molecule has 2 amide bonds. The second kappa shape index (κ2) is 12.9. The molecule has 0 aliphatic carbocycles. The number of nitrogens with zero attached hydrogens (tertiary/aromatic N) is 2. The van der Waals surface area contributed by atoms with E-state index in [1.807, 2.05) is 26.8 Å². The summed E-state index contributed by atoms with van der Waals surface area (Å²) in [6, 6.07) is 13.2. The Hall–Kier alpha value is -2.59. The molecule has 192 valence electrons. The molecular formula is C25H34BrN3O5S. The summed E-state index contributed by atoms with van der Waals surface area (Å²) in [6.45, 7) is 5.97. The van der Waals surface area contributed by atoms with Crippen LogP contribution in [0, 0.1) is 5.92 Å². The van der Waals surface area contributed by atoms with E-state index in [-0.39, 0.29) is 18.4 Å². The molecule has 0 saturated carbocycles. The summed E-state index contributed by atoms with van der Waals surface area (Å²) < 4.78 is 32.3. The Kier molecular flexibility index (Phi) is 10.6. The maximum Gasteiger partial charge on any atom is 0.244 e. The highest BCUT2D eigenvalue weighted by molar-refractivity contribution is 9.10. The summed E-state index contributed by atoms with van der Waals surface area (Å²) in [5.74, 6) is 0.117. The number of nitrogens with one attached hydrogen (secondary N) is 1. The molecular weight excluding hydrogens is 534 g/mol. The SMILES string of the molecule is CC[C@@H](C(=O)NCC(C)C)N(Cc1cccc(OC)c1)C(=O)CN(c1cccc(Br)c1)S(C)(=O)=O. The van der Waals surface area contributed by atoms with Crippen molar-refractivity contribution in [3.05, 3.63) is 58.6 Å². The van der Waals surface area contributed by atoms with Crippen molar-refractivity contribution >= 4 is 43.5 Å². The van der Waals surface area contributed by atoms with Crippen molar-refractivity contribution in [2.24, 2.45) is 5.92 Å². The van der Waals surface area contributed by atoms with Crippen molar-refractivity contribution in [3.63, 3.8) is 0 Å². The van der Waals surface area contributed by atoms with Crippen molar-refractivity contribution in [2.75, 3.05) is 30.8 Å². The van der Waals surface area contributed by atoms with E-state index in [1.54, 1.807) is 49.6 Å². The van der Waals surface area contributed by atoms with Gasteiger partial charge in [-0.2, -0.15) is 0 Å². The molecule has 8 nitrogen and oxygen atoms in total. The maximum atomic E-state index is 13.7. The highest BCUT2D eigenvalue weighted by atomic mass is 79.9. The van der Waals surface area contributed by atoms with Gasteiger partial charge in [-0.25, -0.2) is 8.42 Å². The molecule has 0 spiro atoms. The van der Waals surface area contributed by atoms with Gasteiger partial charge in [-0.3, -0.25) is 13.9 Å². The lowest BCUT2D eigenvalue weighted by molar-refractivity contribution is -0.140. The van der Waals surface area contributed by atoms with Crippen LogP contribution in [0.5, 0.6) is 5.75 Å². The molecule has 1 atom stereocenters. The number of ether oxygens (including phenoxy) is 1. The minimum atomic E-state index is -3.78. The van der Waals surface area contributed by atoms with Crippen LogP contribution in [0.25, 0.3) is 0 Å². The molecule has 0 aliphatic heterocycles. The Morgan fingerprint density at radius 1 is 1.11 bits per heavy atom. The van der Waals surface area contributed by atoms with Crippen LogP contribution in [0.2, 0.25) is 0 Å². The quantitative estimate of drug-likeness (QED) is 0.420. The van der Waals surface area contributed by atoms with Crippen LogP contribution in [0.3, 0.4) is 0 Å². The van der Waals surface area contributed by atoms with E-state index in [1.165, 1.54) is 4.90 Å². The Balaban J connectivity index is 2.44. The molecule has 2 rings (SSSR count). The highest BCUT2D eigenvalue weighted by Crippen LogP contribution is 2.23. The predicted octanol–water partition coefficient (Wildman–Crippen LogP) is 3.80. The minimum absolute atomic E-state index is 0.125. The van der Waals surface area contributed by atoms with Crippen LogP contribution in [0.1, 0.15) is 32.8 Å². The molecule has 0 saturated heterocycles. The zero-order valence-corrected chi connectivity index (χ0v) is 23.2. The average molecular weight is 569 g/mol. The van der Waals surface area contributed by atoms with E-state index >= 15 is 0 Å².